The number of ether oxygens (including phenoxy) is 1. The van der Waals surface area contributed by atoms with Crippen molar-refractivity contribution in [1.82, 2.24) is 10.6 Å². The maximum Gasteiger partial charge on any atom is 0.307 e. The summed E-state index contributed by atoms with van der Waals surface area (Å²) < 4.78 is 5.06. The van der Waals surface area contributed by atoms with E-state index in [9.17, 15) is 14.4 Å². The number of carbonyl (C=O) groups excluding carboxylic acids is 3. The van der Waals surface area contributed by atoms with Crippen molar-refractivity contribution in [3.05, 3.63) is 71.8 Å². The van der Waals surface area contributed by atoms with Gasteiger partial charge in [0.05, 0.1) is 13.0 Å². The highest BCUT2D eigenvalue weighted by Crippen LogP contribution is 2.28. The number of likely N-dealkylation sites (N-methyl/N-ethyl adjacent to an activating group) is 1. The first kappa shape index (κ1) is 19.2. The summed E-state index contributed by atoms with van der Waals surface area (Å²) in [7, 11) is 1.47. The van der Waals surface area contributed by atoms with Crippen LogP contribution in [0.15, 0.2) is 60.7 Å². The number of hydrogen-bond donors (Lipinski definition) is 2. The zero-order chi connectivity index (χ0) is 18.8. The predicted octanol–water partition coefficient (Wildman–Crippen LogP) is 1.61. The van der Waals surface area contributed by atoms with Crippen LogP contribution in [0.2, 0.25) is 0 Å². The monoisotopic (exact) mass is 354 g/mol. The highest BCUT2D eigenvalue weighted by molar-refractivity contribution is 5.86. The van der Waals surface area contributed by atoms with Gasteiger partial charge in [-0.2, -0.15) is 0 Å². The minimum Gasteiger partial charge on any atom is -0.456 e. The number of amides is 2. The number of benzene rings is 2. The molecule has 0 aliphatic heterocycles. The molecule has 0 aliphatic rings. The SMILES string of the molecule is CNC(=O)CNC(=O)COC(=O)CC(c1ccccc1)c1ccccc1. The predicted molar refractivity (Wildman–Crippen MR) is 97.4 cm³/mol. The van der Waals surface area contributed by atoms with Gasteiger partial charge in [-0.1, -0.05) is 60.7 Å². The van der Waals surface area contributed by atoms with Crippen molar-refractivity contribution in [2.24, 2.45) is 0 Å². The second kappa shape index (κ2) is 9.98. The van der Waals surface area contributed by atoms with E-state index in [4.69, 9.17) is 4.74 Å². The molecule has 2 rings (SSSR count). The first-order chi connectivity index (χ1) is 12.6. The standard InChI is InChI=1S/C20H22N2O4/c1-21-18(23)13-22-19(24)14-26-20(25)12-17(15-8-4-2-5-9-15)16-10-6-3-7-11-16/h2-11,17H,12-14H2,1H3,(H,21,23)(H,22,24). The Morgan fingerprint density at radius 1 is 0.885 bits per heavy atom. The summed E-state index contributed by atoms with van der Waals surface area (Å²) in [6, 6.07) is 19.3. The second-order valence-corrected chi connectivity index (χ2v) is 5.69. The molecule has 0 bridgehead atoms. The van der Waals surface area contributed by atoms with Gasteiger partial charge >= 0.3 is 5.97 Å². The van der Waals surface area contributed by atoms with E-state index < -0.39 is 18.5 Å². The molecule has 6 nitrogen and oxygen atoms in total. The molecule has 2 aromatic rings. The zero-order valence-corrected chi connectivity index (χ0v) is 14.6. The quantitative estimate of drug-likeness (QED) is 0.706. The fourth-order valence-corrected chi connectivity index (χ4v) is 2.49. The van der Waals surface area contributed by atoms with Crippen LogP contribution in [0.1, 0.15) is 23.5 Å². The summed E-state index contributed by atoms with van der Waals surface area (Å²) in [6.07, 6.45) is 0.122. The van der Waals surface area contributed by atoms with Crippen LogP contribution in [0, 0.1) is 0 Å². The molecule has 2 aromatic carbocycles. The molecule has 0 aromatic heterocycles. The average molecular weight is 354 g/mol. The van der Waals surface area contributed by atoms with Crippen molar-refractivity contribution in [3.63, 3.8) is 0 Å². The molecular weight excluding hydrogens is 332 g/mol. The van der Waals surface area contributed by atoms with Gasteiger partial charge in [0.15, 0.2) is 6.61 Å². The third-order valence-corrected chi connectivity index (χ3v) is 3.86. The summed E-state index contributed by atoms with van der Waals surface area (Å²) >= 11 is 0. The summed E-state index contributed by atoms with van der Waals surface area (Å²) in [5, 5.41) is 4.76. The summed E-state index contributed by atoms with van der Waals surface area (Å²) in [4.78, 5) is 34.9. The number of rotatable bonds is 8. The fraction of sp³-hybridized carbons (Fsp3) is 0.250. The number of nitrogens with one attached hydrogen (secondary N) is 2. The van der Waals surface area contributed by atoms with E-state index in [1.165, 1.54) is 7.05 Å². The molecule has 0 atom stereocenters. The van der Waals surface area contributed by atoms with Gasteiger partial charge < -0.3 is 15.4 Å². The van der Waals surface area contributed by atoms with Crippen LogP contribution in [0.3, 0.4) is 0 Å². The van der Waals surface area contributed by atoms with Crippen molar-refractivity contribution in [3.8, 4) is 0 Å². The zero-order valence-electron chi connectivity index (χ0n) is 14.6. The molecule has 0 saturated heterocycles. The van der Waals surface area contributed by atoms with E-state index in [2.05, 4.69) is 10.6 Å². The van der Waals surface area contributed by atoms with Crippen LogP contribution in [-0.4, -0.2) is 38.0 Å². The van der Waals surface area contributed by atoms with E-state index in [1.54, 1.807) is 0 Å². The molecule has 2 N–H and O–H groups in total. The molecule has 0 radical (unpaired) electrons. The van der Waals surface area contributed by atoms with Gasteiger partial charge in [0.1, 0.15) is 0 Å². The highest BCUT2D eigenvalue weighted by atomic mass is 16.5. The Balaban J connectivity index is 1.95. The minimum atomic E-state index is -0.516. The molecule has 0 saturated carbocycles. The van der Waals surface area contributed by atoms with E-state index in [0.29, 0.717) is 0 Å². The lowest BCUT2D eigenvalue weighted by atomic mass is 9.89. The van der Waals surface area contributed by atoms with Gasteiger partial charge in [-0.15, -0.1) is 0 Å². The molecule has 136 valence electrons. The maximum absolute atomic E-state index is 12.2. The lowest BCUT2D eigenvalue weighted by Gasteiger charge is -2.17. The Kier molecular flexibility index (Phi) is 7.36. The van der Waals surface area contributed by atoms with Gasteiger partial charge in [-0.25, -0.2) is 0 Å². The maximum atomic E-state index is 12.2. The van der Waals surface area contributed by atoms with E-state index in [-0.39, 0.29) is 24.8 Å². The third-order valence-electron chi connectivity index (χ3n) is 3.86. The Bertz CT molecular complexity index is 692. The van der Waals surface area contributed by atoms with E-state index in [0.717, 1.165) is 11.1 Å². The first-order valence-electron chi connectivity index (χ1n) is 8.33. The molecule has 0 heterocycles. The smallest absolute Gasteiger partial charge is 0.307 e. The number of hydrogen-bond acceptors (Lipinski definition) is 4. The van der Waals surface area contributed by atoms with Crippen LogP contribution in [0.25, 0.3) is 0 Å². The van der Waals surface area contributed by atoms with Gasteiger partial charge in [-0.05, 0) is 11.1 Å². The molecule has 6 heteroatoms. The van der Waals surface area contributed by atoms with Crippen LogP contribution < -0.4 is 10.6 Å². The number of carbonyl (C=O) groups is 3. The van der Waals surface area contributed by atoms with Crippen LogP contribution in [0.5, 0.6) is 0 Å². The summed E-state index contributed by atoms with van der Waals surface area (Å²) in [6.45, 7) is -0.560. The number of esters is 1. The molecule has 0 aliphatic carbocycles. The van der Waals surface area contributed by atoms with E-state index in [1.807, 2.05) is 60.7 Å². The Hall–Kier alpha value is -3.15. The molecule has 0 spiro atoms. The first-order valence-corrected chi connectivity index (χ1v) is 8.33. The molecule has 26 heavy (non-hydrogen) atoms. The van der Waals surface area contributed by atoms with Gasteiger partial charge in [0, 0.05) is 13.0 Å². The third kappa shape index (κ3) is 6.05. The van der Waals surface area contributed by atoms with Gasteiger partial charge in [0.2, 0.25) is 5.91 Å². The summed E-state index contributed by atoms with van der Waals surface area (Å²) in [5.74, 6) is -1.47. The van der Waals surface area contributed by atoms with Crippen molar-refractivity contribution >= 4 is 17.8 Å². The Morgan fingerprint density at radius 2 is 1.42 bits per heavy atom. The largest absolute Gasteiger partial charge is 0.456 e. The molecule has 2 amide bonds. The highest BCUT2D eigenvalue weighted by Gasteiger charge is 2.19. The molecule has 0 fully saturated rings. The average Bonchev–Trinajstić information content (AvgIpc) is 2.69. The minimum absolute atomic E-state index is 0.122. The van der Waals surface area contributed by atoms with Gasteiger partial charge in [-0.3, -0.25) is 14.4 Å². The van der Waals surface area contributed by atoms with E-state index >= 15 is 0 Å². The van der Waals surface area contributed by atoms with Crippen molar-refractivity contribution in [1.29, 1.82) is 0 Å². The normalized spacial score (nSPS) is 10.2. The lowest BCUT2D eigenvalue weighted by Crippen LogP contribution is -2.37. The topological polar surface area (TPSA) is 84.5 Å². The molecule has 0 unspecified atom stereocenters. The van der Waals surface area contributed by atoms with Crippen LogP contribution in [-0.2, 0) is 19.1 Å². The van der Waals surface area contributed by atoms with Crippen LogP contribution in [0.4, 0.5) is 0 Å². The second-order valence-electron chi connectivity index (χ2n) is 5.69. The Labute approximate surface area is 152 Å². The van der Waals surface area contributed by atoms with Crippen molar-refractivity contribution in [2.75, 3.05) is 20.2 Å². The van der Waals surface area contributed by atoms with Gasteiger partial charge in [0.25, 0.3) is 5.91 Å². The van der Waals surface area contributed by atoms with Crippen LogP contribution >= 0.6 is 0 Å². The summed E-state index contributed by atoms with van der Waals surface area (Å²) in [5.41, 5.74) is 2.00. The Morgan fingerprint density at radius 3 is 1.92 bits per heavy atom. The fourth-order valence-electron chi connectivity index (χ4n) is 2.49. The molecular formula is C20H22N2O4. The lowest BCUT2D eigenvalue weighted by molar-refractivity contribution is -0.148. The van der Waals surface area contributed by atoms with Crippen molar-refractivity contribution < 1.29 is 19.1 Å². The van der Waals surface area contributed by atoms with Crippen molar-refractivity contribution in [2.45, 2.75) is 12.3 Å².